The average molecular weight is 410 g/mol. The largest absolute Gasteiger partial charge is 0.324 e. The minimum absolute atomic E-state index is 0.491. The summed E-state index contributed by atoms with van der Waals surface area (Å²) in [6.45, 7) is 6.44. The van der Waals surface area contributed by atoms with Gasteiger partial charge < -0.3 is 9.42 Å². The molecule has 26 heavy (non-hydrogen) atoms. The number of aromatic nitrogens is 3. The molecule has 0 bridgehead atoms. The third kappa shape index (κ3) is 4.01. The first-order valence-corrected chi connectivity index (χ1v) is 9.89. The summed E-state index contributed by atoms with van der Waals surface area (Å²) in [5.41, 5.74) is 1.88. The third-order valence-electron chi connectivity index (χ3n) is 4.23. The SMILES string of the molecule is Cc1nc(CN2CCN(c3nc(-c4cc(Cl)cc(Cl)c4)no3)CC2)cs1. The van der Waals surface area contributed by atoms with Crippen LogP contribution in [-0.4, -0.2) is 46.2 Å². The van der Waals surface area contributed by atoms with Gasteiger partial charge in [0.05, 0.1) is 10.7 Å². The second-order valence-corrected chi connectivity index (χ2v) is 8.11. The summed E-state index contributed by atoms with van der Waals surface area (Å²) in [5, 5.41) is 8.39. The molecule has 0 radical (unpaired) electrons. The Hall–Kier alpha value is -1.67. The second kappa shape index (κ2) is 7.52. The van der Waals surface area contributed by atoms with Crippen molar-refractivity contribution in [2.45, 2.75) is 13.5 Å². The maximum atomic E-state index is 6.05. The zero-order valence-corrected chi connectivity index (χ0v) is 16.5. The van der Waals surface area contributed by atoms with Crippen LogP contribution in [0.15, 0.2) is 28.1 Å². The summed E-state index contributed by atoms with van der Waals surface area (Å²) < 4.78 is 5.44. The molecule has 0 N–H and O–H groups in total. The van der Waals surface area contributed by atoms with E-state index in [9.17, 15) is 0 Å². The molecule has 0 aliphatic carbocycles. The molecule has 0 unspecified atom stereocenters. The lowest BCUT2D eigenvalue weighted by Crippen LogP contribution is -2.46. The first kappa shape index (κ1) is 17.7. The van der Waals surface area contributed by atoms with E-state index in [1.165, 1.54) is 0 Å². The molecule has 136 valence electrons. The summed E-state index contributed by atoms with van der Waals surface area (Å²) in [6, 6.07) is 5.75. The summed E-state index contributed by atoms with van der Waals surface area (Å²) in [5.74, 6) is 0.491. The van der Waals surface area contributed by atoms with Crippen molar-refractivity contribution in [1.29, 1.82) is 0 Å². The molecular weight excluding hydrogens is 393 g/mol. The van der Waals surface area contributed by atoms with Crippen LogP contribution >= 0.6 is 34.5 Å². The van der Waals surface area contributed by atoms with Crippen LogP contribution < -0.4 is 4.90 Å². The van der Waals surface area contributed by atoms with Crippen molar-refractivity contribution >= 4 is 40.6 Å². The Labute approximate surface area is 165 Å². The lowest BCUT2D eigenvalue weighted by atomic mass is 10.2. The Morgan fingerprint density at radius 2 is 1.81 bits per heavy atom. The van der Waals surface area contributed by atoms with Crippen LogP contribution in [-0.2, 0) is 6.54 Å². The van der Waals surface area contributed by atoms with Gasteiger partial charge >= 0.3 is 6.01 Å². The van der Waals surface area contributed by atoms with Crippen LogP contribution in [0.4, 0.5) is 6.01 Å². The fraction of sp³-hybridized carbons (Fsp3) is 0.353. The van der Waals surface area contributed by atoms with Gasteiger partial charge in [0.25, 0.3) is 0 Å². The van der Waals surface area contributed by atoms with Gasteiger partial charge in [-0.1, -0.05) is 28.4 Å². The smallest absolute Gasteiger partial charge is 0.322 e. The molecule has 6 nitrogen and oxygen atoms in total. The fourth-order valence-electron chi connectivity index (χ4n) is 2.95. The summed E-state index contributed by atoms with van der Waals surface area (Å²) in [4.78, 5) is 13.5. The average Bonchev–Trinajstić information content (AvgIpc) is 3.24. The van der Waals surface area contributed by atoms with Gasteiger partial charge in [0, 0.05) is 53.7 Å². The number of halogens is 2. The van der Waals surface area contributed by atoms with E-state index in [2.05, 4.69) is 30.3 Å². The van der Waals surface area contributed by atoms with E-state index in [0.29, 0.717) is 21.9 Å². The van der Waals surface area contributed by atoms with E-state index < -0.39 is 0 Å². The number of rotatable bonds is 4. The van der Waals surface area contributed by atoms with Crippen molar-refractivity contribution in [3.63, 3.8) is 0 Å². The predicted molar refractivity (Wildman–Crippen MR) is 104 cm³/mol. The molecule has 2 aromatic heterocycles. The van der Waals surface area contributed by atoms with E-state index in [-0.39, 0.29) is 0 Å². The lowest BCUT2D eigenvalue weighted by Gasteiger charge is -2.33. The highest BCUT2D eigenvalue weighted by Gasteiger charge is 2.22. The third-order valence-corrected chi connectivity index (χ3v) is 5.49. The van der Waals surface area contributed by atoms with Crippen LogP contribution in [0.25, 0.3) is 11.4 Å². The first-order chi connectivity index (χ1) is 12.6. The van der Waals surface area contributed by atoms with E-state index in [0.717, 1.165) is 49.0 Å². The van der Waals surface area contributed by atoms with Crippen LogP contribution in [0, 0.1) is 6.92 Å². The highest BCUT2D eigenvalue weighted by atomic mass is 35.5. The maximum absolute atomic E-state index is 6.05. The van der Waals surface area contributed by atoms with Gasteiger partial charge in [-0.2, -0.15) is 4.98 Å². The Balaban J connectivity index is 1.40. The van der Waals surface area contributed by atoms with Crippen molar-refractivity contribution in [2.24, 2.45) is 0 Å². The Morgan fingerprint density at radius 1 is 1.08 bits per heavy atom. The number of hydrogen-bond acceptors (Lipinski definition) is 7. The highest BCUT2D eigenvalue weighted by molar-refractivity contribution is 7.09. The van der Waals surface area contributed by atoms with E-state index in [1.54, 1.807) is 29.5 Å². The standard InChI is InChI=1S/C17H17Cl2N5OS/c1-11-20-15(10-26-11)9-23-2-4-24(5-3-23)17-21-16(22-25-17)12-6-13(18)8-14(19)7-12/h6-8,10H,2-5,9H2,1H3. The summed E-state index contributed by atoms with van der Waals surface area (Å²) in [6.07, 6.45) is 0. The molecule has 3 aromatic rings. The zero-order valence-electron chi connectivity index (χ0n) is 14.2. The van der Waals surface area contributed by atoms with Crippen molar-refractivity contribution < 1.29 is 4.52 Å². The lowest BCUT2D eigenvalue weighted by molar-refractivity contribution is 0.240. The van der Waals surface area contributed by atoms with Crippen molar-refractivity contribution in [3.05, 3.63) is 44.3 Å². The van der Waals surface area contributed by atoms with Crippen LogP contribution in [0.2, 0.25) is 10.0 Å². The minimum atomic E-state index is 0.491. The molecule has 1 fully saturated rings. The second-order valence-electron chi connectivity index (χ2n) is 6.18. The van der Waals surface area contributed by atoms with Crippen molar-refractivity contribution in [1.82, 2.24) is 20.0 Å². The van der Waals surface area contributed by atoms with E-state index in [1.807, 2.05) is 6.92 Å². The molecule has 0 amide bonds. The number of benzene rings is 1. The number of aryl methyl sites for hydroxylation is 1. The first-order valence-electron chi connectivity index (χ1n) is 8.25. The Kier molecular flexibility index (Phi) is 5.13. The van der Waals surface area contributed by atoms with Gasteiger partial charge in [0.2, 0.25) is 5.82 Å². The van der Waals surface area contributed by atoms with E-state index in [4.69, 9.17) is 27.7 Å². The molecule has 9 heteroatoms. The van der Waals surface area contributed by atoms with Crippen molar-refractivity contribution in [2.75, 3.05) is 31.1 Å². The minimum Gasteiger partial charge on any atom is -0.322 e. The molecule has 1 aliphatic rings. The predicted octanol–water partition coefficient (Wildman–Crippen LogP) is 4.13. The van der Waals surface area contributed by atoms with Crippen molar-refractivity contribution in [3.8, 4) is 11.4 Å². The summed E-state index contributed by atoms with van der Waals surface area (Å²) >= 11 is 13.8. The van der Waals surface area contributed by atoms with Crippen LogP contribution in [0.3, 0.4) is 0 Å². The number of nitrogens with zero attached hydrogens (tertiary/aromatic N) is 5. The molecular formula is C17H17Cl2N5OS. The van der Waals surface area contributed by atoms with Gasteiger partial charge in [-0.15, -0.1) is 11.3 Å². The summed E-state index contributed by atoms with van der Waals surface area (Å²) in [7, 11) is 0. The van der Waals surface area contributed by atoms with Gasteiger partial charge in [-0.25, -0.2) is 4.98 Å². The van der Waals surface area contributed by atoms with Crippen LogP contribution in [0.5, 0.6) is 0 Å². The topological polar surface area (TPSA) is 58.3 Å². The maximum Gasteiger partial charge on any atom is 0.324 e. The van der Waals surface area contributed by atoms with Gasteiger partial charge in [-0.3, -0.25) is 4.90 Å². The van der Waals surface area contributed by atoms with Crippen LogP contribution in [0.1, 0.15) is 10.7 Å². The molecule has 3 heterocycles. The molecule has 1 saturated heterocycles. The molecule has 0 atom stereocenters. The monoisotopic (exact) mass is 409 g/mol. The molecule has 1 aliphatic heterocycles. The van der Waals surface area contributed by atoms with Gasteiger partial charge in [-0.05, 0) is 25.1 Å². The Morgan fingerprint density at radius 3 is 2.46 bits per heavy atom. The normalized spacial score (nSPS) is 15.6. The number of thiazole rings is 1. The number of piperazine rings is 1. The van der Waals surface area contributed by atoms with Gasteiger partial charge in [0.15, 0.2) is 0 Å². The van der Waals surface area contributed by atoms with Gasteiger partial charge in [0.1, 0.15) is 0 Å². The Bertz CT molecular complexity index is 884. The number of hydrogen-bond donors (Lipinski definition) is 0. The molecule has 4 rings (SSSR count). The molecule has 1 aromatic carbocycles. The fourth-order valence-corrected chi connectivity index (χ4v) is 4.08. The molecule has 0 saturated carbocycles. The van der Waals surface area contributed by atoms with E-state index >= 15 is 0 Å². The molecule has 0 spiro atoms. The quantitative estimate of drug-likeness (QED) is 0.645. The zero-order chi connectivity index (χ0) is 18.1. The number of anilines is 1. The highest BCUT2D eigenvalue weighted by Crippen LogP contribution is 2.27.